The number of amides is 2. The van der Waals surface area contributed by atoms with Crippen LogP contribution in [-0.4, -0.2) is 22.6 Å². The van der Waals surface area contributed by atoms with Gasteiger partial charge in [0.15, 0.2) is 5.13 Å². The van der Waals surface area contributed by atoms with E-state index in [0.717, 1.165) is 26.3 Å². The predicted octanol–water partition coefficient (Wildman–Crippen LogP) is 6.62. The molecule has 0 radical (unpaired) electrons. The number of carbonyl (C=O) groups excluding carboxylic acids is 2. The SMILES string of the molecule is O=C(CSc1ccc(NC(=O)c2cccs2)cc1)Nc1nc(-c2ccc(Br)cc2)cs1. The van der Waals surface area contributed by atoms with Gasteiger partial charge in [0.25, 0.3) is 5.91 Å². The zero-order valence-electron chi connectivity index (χ0n) is 16.0. The van der Waals surface area contributed by atoms with Gasteiger partial charge in [0.1, 0.15) is 0 Å². The van der Waals surface area contributed by atoms with Crippen molar-refractivity contribution in [3.63, 3.8) is 0 Å². The molecule has 0 bridgehead atoms. The third-order valence-corrected chi connectivity index (χ3v) is 7.28. The first-order chi connectivity index (χ1) is 15.1. The van der Waals surface area contributed by atoms with Crippen LogP contribution in [0, 0.1) is 0 Å². The summed E-state index contributed by atoms with van der Waals surface area (Å²) in [5.74, 6) is 0.0335. The van der Waals surface area contributed by atoms with Gasteiger partial charge in [-0.05, 0) is 47.8 Å². The number of hydrogen-bond acceptors (Lipinski definition) is 6. The molecule has 0 aliphatic carbocycles. The number of rotatable bonds is 7. The van der Waals surface area contributed by atoms with E-state index < -0.39 is 0 Å². The summed E-state index contributed by atoms with van der Waals surface area (Å²) in [4.78, 5) is 30.5. The second kappa shape index (κ2) is 10.2. The highest BCUT2D eigenvalue weighted by Gasteiger charge is 2.10. The molecule has 2 aromatic carbocycles. The first-order valence-electron chi connectivity index (χ1n) is 9.16. The normalized spacial score (nSPS) is 10.6. The van der Waals surface area contributed by atoms with Crippen molar-refractivity contribution in [3.05, 3.63) is 80.8 Å². The third kappa shape index (κ3) is 6.04. The molecule has 0 saturated heterocycles. The largest absolute Gasteiger partial charge is 0.321 e. The summed E-state index contributed by atoms with van der Waals surface area (Å²) in [5.41, 5.74) is 2.55. The van der Waals surface area contributed by atoms with Crippen molar-refractivity contribution in [2.24, 2.45) is 0 Å². The molecule has 2 heterocycles. The minimum atomic E-state index is -0.124. The standard InChI is InChI=1S/C22H16BrN3O2S3/c23-15-5-3-14(4-6-15)18-12-31-22(25-18)26-20(27)13-30-17-9-7-16(8-10-17)24-21(28)19-2-1-11-29-19/h1-12H,13H2,(H,24,28)(H,25,26,27). The van der Waals surface area contributed by atoms with Crippen molar-refractivity contribution >= 4 is 73.0 Å². The summed E-state index contributed by atoms with van der Waals surface area (Å²) in [6.07, 6.45) is 0. The van der Waals surface area contributed by atoms with E-state index in [1.807, 2.05) is 65.4 Å². The lowest BCUT2D eigenvalue weighted by Crippen LogP contribution is -2.13. The van der Waals surface area contributed by atoms with E-state index >= 15 is 0 Å². The number of thiophene rings is 1. The second-order valence-corrected chi connectivity index (χ2v) is 10.1. The van der Waals surface area contributed by atoms with E-state index in [9.17, 15) is 9.59 Å². The molecule has 156 valence electrons. The lowest BCUT2D eigenvalue weighted by molar-refractivity contribution is -0.113. The minimum absolute atomic E-state index is 0.114. The molecule has 0 spiro atoms. The van der Waals surface area contributed by atoms with Crippen LogP contribution < -0.4 is 10.6 Å². The minimum Gasteiger partial charge on any atom is -0.321 e. The Kier molecular flexibility index (Phi) is 7.18. The summed E-state index contributed by atoms with van der Waals surface area (Å²) in [6.45, 7) is 0. The quantitative estimate of drug-likeness (QED) is 0.264. The van der Waals surface area contributed by atoms with E-state index in [1.165, 1.54) is 34.4 Å². The molecule has 4 rings (SSSR count). The van der Waals surface area contributed by atoms with Gasteiger partial charge in [-0.1, -0.05) is 34.1 Å². The van der Waals surface area contributed by atoms with E-state index in [0.29, 0.717) is 10.0 Å². The number of benzene rings is 2. The maximum Gasteiger partial charge on any atom is 0.265 e. The van der Waals surface area contributed by atoms with Crippen molar-refractivity contribution in [1.82, 2.24) is 4.98 Å². The topological polar surface area (TPSA) is 71.1 Å². The number of carbonyl (C=O) groups is 2. The van der Waals surface area contributed by atoms with E-state index in [-0.39, 0.29) is 17.6 Å². The molecule has 0 aliphatic heterocycles. The molecule has 2 aromatic heterocycles. The van der Waals surface area contributed by atoms with E-state index in [2.05, 4.69) is 31.5 Å². The van der Waals surface area contributed by atoms with Gasteiger partial charge in [0.05, 0.1) is 16.3 Å². The zero-order chi connectivity index (χ0) is 21.6. The average Bonchev–Trinajstić information content (AvgIpc) is 3.46. The van der Waals surface area contributed by atoms with Crippen LogP contribution >= 0.6 is 50.4 Å². The van der Waals surface area contributed by atoms with Gasteiger partial charge in [-0.2, -0.15) is 0 Å². The van der Waals surface area contributed by atoms with Crippen LogP contribution in [0.25, 0.3) is 11.3 Å². The van der Waals surface area contributed by atoms with Crippen LogP contribution in [0.1, 0.15) is 9.67 Å². The Balaban J connectivity index is 1.27. The Labute approximate surface area is 200 Å². The maximum absolute atomic E-state index is 12.3. The lowest BCUT2D eigenvalue weighted by atomic mass is 10.2. The zero-order valence-corrected chi connectivity index (χ0v) is 20.0. The number of thioether (sulfide) groups is 1. The number of nitrogens with one attached hydrogen (secondary N) is 2. The smallest absolute Gasteiger partial charge is 0.265 e. The molecule has 0 saturated carbocycles. The fourth-order valence-corrected chi connectivity index (χ4v) is 4.94. The van der Waals surface area contributed by atoms with Crippen molar-refractivity contribution in [2.45, 2.75) is 4.90 Å². The highest BCUT2D eigenvalue weighted by Crippen LogP contribution is 2.27. The maximum atomic E-state index is 12.3. The Bertz CT molecular complexity index is 1170. The Morgan fingerprint density at radius 3 is 2.45 bits per heavy atom. The number of halogens is 1. The monoisotopic (exact) mass is 529 g/mol. The van der Waals surface area contributed by atoms with E-state index in [1.54, 1.807) is 6.07 Å². The predicted molar refractivity (Wildman–Crippen MR) is 133 cm³/mol. The Morgan fingerprint density at radius 2 is 1.74 bits per heavy atom. The summed E-state index contributed by atoms with van der Waals surface area (Å²) in [5, 5.41) is 10.1. The van der Waals surface area contributed by atoms with E-state index in [4.69, 9.17) is 0 Å². The fourth-order valence-electron chi connectivity index (χ4n) is 2.62. The van der Waals surface area contributed by atoms with Crippen LogP contribution in [0.15, 0.2) is 80.8 Å². The number of anilines is 2. The van der Waals surface area contributed by atoms with Crippen molar-refractivity contribution in [2.75, 3.05) is 16.4 Å². The molecular formula is C22H16BrN3O2S3. The van der Waals surface area contributed by atoms with Crippen molar-refractivity contribution in [3.8, 4) is 11.3 Å². The Morgan fingerprint density at radius 1 is 0.968 bits per heavy atom. The van der Waals surface area contributed by atoms with Gasteiger partial charge >= 0.3 is 0 Å². The number of hydrogen-bond donors (Lipinski definition) is 2. The third-order valence-electron chi connectivity index (χ3n) is 4.12. The van der Waals surface area contributed by atoms with Crippen molar-refractivity contribution in [1.29, 1.82) is 0 Å². The highest BCUT2D eigenvalue weighted by molar-refractivity contribution is 9.10. The molecule has 9 heteroatoms. The average molecular weight is 530 g/mol. The second-order valence-electron chi connectivity index (χ2n) is 6.34. The molecular weight excluding hydrogens is 514 g/mol. The first-order valence-corrected chi connectivity index (χ1v) is 12.7. The molecule has 0 fully saturated rings. The van der Waals surface area contributed by atoms with Crippen molar-refractivity contribution < 1.29 is 9.59 Å². The van der Waals surface area contributed by atoms with Gasteiger partial charge in [-0.3, -0.25) is 9.59 Å². The van der Waals surface area contributed by atoms with Gasteiger partial charge in [0.2, 0.25) is 5.91 Å². The number of thiazole rings is 1. The molecule has 0 atom stereocenters. The van der Waals surface area contributed by atoms with Crippen LogP contribution in [0.5, 0.6) is 0 Å². The Hall–Kier alpha value is -2.46. The van der Waals surface area contributed by atoms with Gasteiger partial charge in [-0.25, -0.2) is 4.98 Å². The van der Waals surface area contributed by atoms with Crippen LogP contribution in [0.4, 0.5) is 10.8 Å². The van der Waals surface area contributed by atoms with Gasteiger partial charge in [0, 0.05) is 26.0 Å². The summed E-state index contributed by atoms with van der Waals surface area (Å²) < 4.78 is 1.01. The van der Waals surface area contributed by atoms with Crippen LogP contribution in [0.2, 0.25) is 0 Å². The van der Waals surface area contributed by atoms with Gasteiger partial charge in [-0.15, -0.1) is 34.4 Å². The van der Waals surface area contributed by atoms with Crippen LogP contribution in [-0.2, 0) is 4.79 Å². The first kappa shape index (κ1) is 21.8. The van der Waals surface area contributed by atoms with Gasteiger partial charge < -0.3 is 10.6 Å². The highest BCUT2D eigenvalue weighted by atomic mass is 79.9. The summed E-state index contributed by atoms with van der Waals surface area (Å²) >= 11 is 7.65. The fraction of sp³-hybridized carbons (Fsp3) is 0.0455. The molecule has 31 heavy (non-hydrogen) atoms. The molecule has 2 N–H and O–H groups in total. The summed E-state index contributed by atoms with van der Waals surface area (Å²) in [7, 11) is 0. The molecule has 0 aliphatic rings. The summed E-state index contributed by atoms with van der Waals surface area (Å²) in [6, 6.07) is 18.9. The number of aromatic nitrogens is 1. The number of nitrogens with zero attached hydrogens (tertiary/aromatic N) is 1. The molecule has 5 nitrogen and oxygen atoms in total. The molecule has 2 amide bonds. The van der Waals surface area contributed by atoms with Crippen LogP contribution in [0.3, 0.4) is 0 Å². The molecule has 4 aromatic rings. The lowest BCUT2D eigenvalue weighted by Gasteiger charge is -2.06. The molecule has 0 unspecified atom stereocenters.